The Bertz CT molecular complexity index is 295. The van der Waals surface area contributed by atoms with Gasteiger partial charge in [0.25, 0.3) is 0 Å². The maximum absolute atomic E-state index is 8.88. The van der Waals surface area contributed by atoms with Crippen LogP contribution in [-0.4, -0.2) is 11.7 Å². The molecule has 0 fully saturated rings. The van der Waals surface area contributed by atoms with Crippen molar-refractivity contribution in [2.24, 2.45) is 5.41 Å². The molecule has 1 nitrogen and oxygen atoms in total. The normalized spacial score (nSPS) is 21.4. The first-order valence-corrected chi connectivity index (χ1v) is 6.43. The molecule has 0 spiro atoms. The van der Waals surface area contributed by atoms with Gasteiger partial charge >= 0.3 is 0 Å². The van der Waals surface area contributed by atoms with Gasteiger partial charge in [-0.15, -0.1) is 0 Å². The van der Waals surface area contributed by atoms with E-state index in [-0.39, 0.29) is 6.61 Å². The van der Waals surface area contributed by atoms with Crippen molar-refractivity contribution in [3.8, 4) is 0 Å². The minimum absolute atomic E-state index is 0.268. The zero-order chi connectivity index (χ0) is 12.2. The van der Waals surface area contributed by atoms with Crippen molar-refractivity contribution in [1.29, 1.82) is 0 Å². The number of allylic oxidation sites excluding steroid dienone is 3. The van der Waals surface area contributed by atoms with Crippen molar-refractivity contribution >= 4 is 0 Å². The van der Waals surface area contributed by atoms with Crippen molar-refractivity contribution in [2.45, 2.75) is 59.8 Å². The van der Waals surface area contributed by atoms with Crippen molar-refractivity contribution in [3.05, 3.63) is 22.8 Å². The van der Waals surface area contributed by atoms with Crippen LogP contribution >= 0.6 is 0 Å². The van der Waals surface area contributed by atoms with Crippen molar-refractivity contribution in [3.63, 3.8) is 0 Å². The fourth-order valence-corrected chi connectivity index (χ4v) is 2.68. The molecule has 0 bridgehead atoms. The van der Waals surface area contributed by atoms with Gasteiger partial charge in [0.1, 0.15) is 0 Å². The molecule has 1 aliphatic rings. The average Bonchev–Trinajstić information content (AvgIpc) is 2.16. The van der Waals surface area contributed by atoms with Gasteiger partial charge in [-0.2, -0.15) is 0 Å². The SMILES string of the molecule is CC1=C(C/C=C(\C)CCO)C(C)(C)CCC1. The second-order valence-corrected chi connectivity index (χ2v) is 5.72. The number of hydrogen-bond acceptors (Lipinski definition) is 1. The van der Waals surface area contributed by atoms with Crippen molar-refractivity contribution in [1.82, 2.24) is 0 Å². The summed E-state index contributed by atoms with van der Waals surface area (Å²) in [6, 6.07) is 0. The minimum Gasteiger partial charge on any atom is -0.396 e. The van der Waals surface area contributed by atoms with Gasteiger partial charge in [-0.05, 0) is 51.4 Å². The molecule has 0 atom stereocenters. The molecule has 0 saturated carbocycles. The summed E-state index contributed by atoms with van der Waals surface area (Å²) < 4.78 is 0. The predicted molar refractivity (Wildman–Crippen MR) is 70.4 cm³/mol. The third kappa shape index (κ3) is 3.48. The van der Waals surface area contributed by atoms with E-state index < -0.39 is 0 Å². The van der Waals surface area contributed by atoms with Gasteiger partial charge in [-0.1, -0.05) is 36.6 Å². The maximum atomic E-state index is 8.88. The average molecular weight is 222 g/mol. The minimum atomic E-state index is 0.268. The molecule has 1 rings (SSSR count). The predicted octanol–water partition coefficient (Wildman–Crippen LogP) is 4.23. The van der Waals surface area contributed by atoms with Crippen LogP contribution in [0.3, 0.4) is 0 Å². The van der Waals surface area contributed by atoms with Gasteiger partial charge < -0.3 is 5.11 Å². The second-order valence-electron chi connectivity index (χ2n) is 5.72. The van der Waals surface area contributed by atoms with E-state index in [2.05, 4.69) is 33.8 Å². The number of aliphatic hydroxyl groups is 1. The van der Waals surface area contributed by atoms with Crippen molar-refractivity contribution in [2.75, 3.05) is 6.61 Å². The summed E-state index contributed by atoms with van der Waals surface area (Å²) in [7, 11) is 0. The second kappa shape index (κ2) is 5.67. The molecule has 0 aromatic rings. The van der Waals surface area contributed by atoms with Gasteiger partial charge in [-0.25, -0.2) is 0 Å². The molecule has 0 unspecified atom stereocenters. The lowest BCUT2D eigenvalue weighted by Crippen LogP contribution is -2.20. The lowest BCUT2D eigenvalue weighted by atomic mass is 9.71. The topological polar surface area (TPSA) is 20.2 Å². The summed E-state index contributed by atoms with van der Waals surface area (Å²) in [5.74, 6) is 0. The summed E-state index contributed by atoms with van der Waals surface area (Å²) in [4.78, 5) is 0. The zero-order valence-electron chi connectivity index (χ0n) is 11.3. The van der Waals surface area contributed by atoms with Crippen LogP contribution in [0.15, 0.2) is 22.8 Å². The molecule has 1 N–H and O–H groups in total. The Morgan fingerprint density at radius 3 is 2.69 bits per heavy atom. The third-order valence-corrected chi connectivity index (χ3v) is 3.85. The first-order valence-electron chi connectivity index (χ1n) is 6.43. The van der Waals surface area contributed by atoms with Gasteiger partial charge in [-0.3, -0.25) is 0 Å². The van der Waals surface area contributed by atoms with Crippen LogP contribution in [0.4, 0.5) is 0 Å². The first kappa shape index (κ1) is 13.5. The van der Waals surface area contributed by atoms with Gasteiger partial charge in [0, 0.05) is 6.61 Å². The van der Waals surface area contributed by atoms with Gasteiger partial charge in [0.15, 0.2) is 0 Å². The zero-order valence-corrected chi connectivity index (χ0v) is 11.3. The molecular formula is C15H26O. The molecule has 92 valence electrons. The molecule has 1 aliphatic carbocycles. The maximum Gasteiger partial charge on any atom is 0.0468 e. The Morgan fingerprint density at radius 2 is 2.12 bits per heavy atom. The lowest BCUT2D eigenvalue weighted by Gasteiger charge is -2.34. The summed E-state index contributed by atoms with van der Waals surface area (Å²) in [5.41, 5.74) is 4.89. The van der Waals surface area contributed by atoms with E-state index in [9.17, 15) is 0 Å². The molecule has 0 aromatic heterocycles. The molecule has 0 saturated heterocycles. The summed E-state index contributed by atoms with van der Waals surface area (Å²) in [5, 5.41) is 8.88. The Hall–Kier alpha value is -0.560. The van der Waals surface area contributed by atoms with Crippen LogP contribution in [0, 0.1) is 5.41 Å². The van der Waals surface area contributed by atoms with E-state index >= 15 is 0 Å². The first-order chi connectivity index (χ1) is 7.47. The van der Waals surface area contributed by atoms with Crippen LogP contribution in [0.2, 0.25) is 0 Å². The van der Waals surface area contributed by atoms with E-state index in [4.69, 9.17) is 5.11 Å². The smallest absolute Gasteiger partial charge is 0.0468 e. The number of aliphatic hydroxyl groups excluding tert-OH is 1. The fraction of sp³-hybridized carbons (Fsp3) is 0.733. The summed E-state index contributed by atoms with van der Waals surface area (Å²) >= 11 is 0. The van der Waals surface area contributed by atoms with Gasteiger partial charge in [0.2, 0.25) is 0 Å². The monoisotopic (exact) mass is 222 g/mol. The highest BCUT2D eigenvalue weighted by Crippen LogP contribution is 2.41. The molecule has 0 aromatic carbocycles. The van der Waals surface area contributed by atoms with Crippen LogP contribution < -0.4 is 0 Å². The number of rotatable bonds is 4. The lowest BCUT2D eigenvalue weighted by molar-refractivity contribution is 0.299. The molecule has 0 radical (unpaired) electrons. The highest BCUT2D eigenvalue weighted by Gasteiger charge is 2.27. The van der Waals surface area contributed by atoms with Crippen LogP contribution in [0.1, 0.15) is 59.8 Å². The van der Waals surface area contributed by atoms with Crippen molar-refractivity contribution < 1.29 is 5.11 Å². The Morgan fingerprint density at radius 1 is 1.44 bits per heavy atom. The Kier molecular flexibility index (Phi) is 4.79. The van der Waals surface area contributed by atoms with Gasteiger partial charge in [0.05, 0.1) is 0 Å². The highest BCUT2D eigenvalue weighted by molar-refractivity contribution is 5.25. The third-order valence-electron chi connectivity index (χ3n) is 3.85. The summed E-state index contributed by atoms with van der Waals surface area (Å²) in [6.07, 6.45) is 8.10. The largest absolute Gasteiger partial charge is 0.396 e. The molecule has 0 amide bonds. The fourth-order valence-electron chi connectivity index (χ4n) is 2.68. The van der Waals surface area contributed by atoms with Crippen LogP contribution in [0.5, 0.6) is 0 Å². The molecular weight excluding hydrogens is 196 g/mol. The molecule has 0 heterocycles. The number of hydrogen-bond donors (Lipinski definition) is 1. The molecule has 16 heavy (non-hydrogen) atoms. The molecule has 0 aliphatic heterocycles. The standard InChI is InChI=1S/C15H26O/c1-12(9-11-16)7-8-14-13(2)6-5-10-15(14,3)4/h7,16H,5-6,8-11H2,1-4H3/b12-7+. The van der Waals surface area contributed by atoms with E-state index in [1.54, 1.807) is 11.1 Å². The summed E-state index contributed by atoms with van der Waals surface area (Å²) in [6.45, 7) is 9.39. The van der Waals surface area contributed by atoms with E-state index in [0.717, 1.165) is 12.8 Å². The van der Waals surface area contributed by atoms with Crippen LogP contribution in [0.25, 0.3) is 0 Å². The van der Waals surface area contributed by atoms with Crippen LogP contribution in [-0.2, 0) is 0 Å². The van der Waals surface area contributed by atoms with E-state index in [1.807, 2.05) is 0 Å². The van der Waals surface area contributed by atoms with E-state index in [1.165, 1.54) is 24.8 Å². The Balaban J connectivity index is 2.74. The van der Waals surface area contributed by atoms with E-state index in [0.29, 0.717) is 5.41 Å². The quantitative estimate of drug-likeness (QED) is 0.706. The molecule has 1 heteroatoms. The Labute approximate surface area is 100 Å². The highest BCUT2D eigenvalue weighted by atomic mass is 16.2.